The Hall–Kier alpha value is -2.86. The Morgan fingerprint density at radius 3 is 2.04 bits per heavy atom. The average Bonchev–Trinajstić information content (AvgIpc) is 3.33. The van der Waals surface area contributed by atoms with Gasteiger partial charge in [0.25, 0.3) is 0 Å². The van der Waals surface area contributed by atoms with Gasteiger partial charge in [-0.25, -0.2) is 0 Å². The Morgan fingerprint density at radius 2 is 1.42 bits per heavy atom. The normalized spacial score (nSPS) is 14.6. The third kappa shape index (κ3) is 2.72. The van der Waals surface area contributed by atoms with E-state index in [2.05, 4.69) is 46.2 Å². The third-order valence-electron chi connectivity index (χ3n) is 4.87. The topological polar surface area (TPSA) is 41.6 Å². The van der Waals surface area contributed by atoms with Gasteiger partial charge in [0.2, 0.25) is 0 Å². The lowest BCUT2D eigenvalue weighted by atomic mass is 10.0. The van der Waals surface area contributed by atoms with Crippen molar-refractivity contribution >= 4 is 0 Å². The van der Waals surface area contributed by atoms with E-state index >= 15 is 0 Å². The molecule has 118 valence electrons. The summed E-state index contributed by atoms with van der Waals surface area (Å²) >= 11 is 0. The van der Waals surface area contributed by atoms with Crippen molar-refractivity contribution in [3.63, 3.8) is 0 Å². The van der Waals surface area contributed by atoms with E-state index in [-0.39, 0.29) is 0 Å². The summed E-state index contributed by atoms with van der Waals surface area (Å²) in [6.45, 7) is 0. The molecule has 1 aliphatic rings. The SMILES string of the molecule is N#Cc1ccc(-c2ccc(-c3ccnn3C3CCCC3)cc2)cc1. The molecule has 0 spiro atoms. The van der Waals surface area contributed by atoms with E-state index in [1.54, 1.807) is 0 Å². The first-order chi connectivity index (χ1) is 11.8. The number of rotatable bonds is 3. The van der Waals surface area contributed by atoms with Crippen LogP contribution in [0.15, 0.2) is 60.8 Å². The molecule has 1 aromatic heterocycles. The van der Waals surface area contributed by atoms with Gasteiger partial charge in [0.05, 0.1) is 23.4 Å². The molecule has 1 heterocycles. The van der Waals surface area contributed by atoms with Crippen molar-refractivity contribution in [2.24, 2.45) is 0 Å². The lowest BCUT2D eigenvalue weighted by molar-refractivity contribution is 0.472. The molecule has 1 saturated carbocycles. The Kier molecular flexibility index (Phi) is 3.88. The number of benzene rings is 2. The van der Waals surface area contributed by atoms with Crippen molar-refractivity contribution in [2.75, 3.05) is 0 Å². The van der Waals surface area contributed by atoms with E-state index in [9.17, 15) is 0 Å². The molecule has 3 heteroatoms. The lowest BCUT2D eigenvalue weighted by Crippen LogP contribution is -2.07. The van der Waals surface area contributed by atoms with Gasteiger partial charge in [-0.05, 0) is 47.7 Å². The van der Waals surface area contributed by atoms with Crippen molar-refractivity contribution in [1.82, 2.24) is 9.78 Å². The molecule has 1 aliphatic carbocycles. The molecule has 0 radical (unpaired) electrons. The molecule has 4 rings (SSSR count). The second-order valence-electron chi connectivity index (χ2n) is 6.37. The van der Waals surface area contributed by atoms with Crippen LogP contribution in [-0.2, 0) is 0 Å². The van der Waals surface area contributed by atoms with Crippen LogP contribution in [0.3, 0.4) is 0 Å². The summed E-state index contributed by atoms with van der Waals surface area (Å²) in [5, 5.41) is 13.5. The van der Waals surface area contributed by atoms with Crippen molar-refractivity contribution in [1.29, 1.82) is 5.26 Å². The molecular formula is C21H19N3. The number of hydrogen-bond donors (Lipinski definition) is 0. The summed E-state index contributed by atoms with van der Waals surface area (Å²) < 4.78 is 2.20. The zero-order valence-electron chi connectivity index (χ0n) is 13.5. The second-order valence-corrected chi connectivity index (χ2v) is 6.37. The number of nitrogens with zero attached hydrogens (tertiary/aromatic N) is 3. The van der Waals surface area contributed by atoms with Gasteiger partial charge in [0.1, 0.15) is 0 Å². The van der Waals surface area contributed by atoms with Crippen LogP contribution in [0, 0.1) is 11.3 Å². The zero-order valence-corrected chi connectivity index (χ0v) is 13.5. The fraction of sp³-hybridized carbons (Fsp3) is 0.238. The van der Waals surface area contributed by atoms with Gasteiger partial charge in [0.15, 0.2) is 0 Å². The standard InChI is InChI=1S/C21H19N3/c22-15-16-5-7-17(8-6-16)18-9-11-19(12-10-18)21-13-14-23-24(21)20-3-1-2-4-20/h5-14,20H,1-4H2. The zero-order chi connectivity index (χ0) is 16.4. The molecular weight excluding hydrogens is 294 g/mol. The third-order valence-corrected chi connectivity index (χ3v) is 4.87. The molecule has 0 bridgehead atoms. The molecule has 0 unspecified atom stereocenters. The minimum atomic E-state index is 0.549. The largest absolute Gasteiger partial charge is 0.262 e. The Labute approximate surface area is 142 Å². The molecule has 3 aromatic rings. The van der Waals surface area contributed by atoms with Crippen molar-refractivity contribution in [2.45, 2.75) is 31.7 Å². The Morgan fingerprint density at radius 1 is 0.833 bits per heavy atom. The summed E-state index contributed by atoms with van der Waals surface area (Å²) in [4.78, 5) is 0. The van der Waals surface area contributed by atoms with E-state index in [4.69, 9.17) is 5.26 Å². The van der Waals surface area contributed by atoms with Gasteiger partial charge >= 0.3 is 0 Å². The maximum absolute atomic E-state index is 8.90. The Bertz CT molecular complexity index is 861. The van der Waals surface area contributed by atoms with E-state index in [0.29, 0.717) is 11.6 Å². The minimum Gasteiger partial charge on any atom is -0.262 e. The van der Waals surface area contributed by atoms with Gasteiger partial charge < -0.3 is 0 Å². The predicted molar refractivity (Wildman–Crippen MR) is 95.3 cm³/mol. The highest BCUT2D eigenvalue weighted by Gasteiger charge is 2.20. The van der Waals surface area contributed by atoms with E-state index < -0.39 is 0 Å². The maximum atomic E-state index is 8.90. The quantitative estimate of drug-likeness (QED) is 0.666. The predicted octanol–water partition coefficient (Wildman–Crippen LogP) is 5.20. The summed E-state index contributed by atoms with van der Waals surface area (Å²) in [7, 11) is 0. The van der Waals surface area contributed by atoms with Gasteiger partial charge in [-0.1, -0.05) is 49.2 Å². The molecule has 3 nitrogen and oxygen atoms in total. The maximum Gasteiger partial charge on any atom is 0.0991 e. The first-order valence-electron chi connectivity index (χ1n) is 8.49. The van der Waals surface area contributed by atoms with Crippen LogP contribution in [0.2, 0.25) is 0 Å². The van der Waals surface area contributed by atoms with Crippen LogP contribution in [0.5, 0.6) is 0 Å². The van der Waals surface area contributed by atoms with Crippen LogP contribution in [-0.4, -0.2) is 9.78 Å². The van der Waals surface area contributed by atoms with Crippen molar-refractivity contribution in [3.8, 4) is 28.5 Å². The van der Waals surface area contributed by atoms with E-state index in [1.807, 2.05) is 30.5 Å². The van der Waals surface area contributed by atoms with Crippen LogP contribution >= 0.6 is 0 Å². The molecule has 0 N–H and O–H groups in total. The summed E-state index contributed by atoms with van der Waals surface area (Å²) in [6.07, 6.45) is 6.99. The molecule has 0 amide bonds. The molecule has 1 fully saturated rings. The number of nitriles is 1. The molecule has 0 saturated heterocycles. The van der Waals surface area contributed by atoms with Crippen LogP contribution in [0.4, 0.5) is 0 Å². The van der Waals surface area contributed by atoms with Gasteiger partial charge in [-0.2, -0.15) is 10.4 Å². The Balaban J connectivity index is 1.62. The van der Waals surface area contributed by atoms with Gasteiger partial charge in [-0.3, -0.25) is 4.68 Å². The average molecular weight is 313 g/mol. The fourth-order valence-corrected chi connectivity index (χ4v) is 3.55. The molecule has 2 aromatic carbocycles. The van der Waals surface area contributed by atoms with Crippen LogP contribution in [0.25, 0.3) is 22.4 Å². The molecule has 0 aliphatic heterocycles. The monoisotopic (exact) mass is 313 g/mol. The van der Waals surface area contributed by atoms with Gasteiger partial charge in [0, 0.05) is 6.20 Å². The number of aromatic nitrogens is 2. The lowest BCUT2D eigenvalue weighted by Gasteiger charge is -2.14. The second kappa shape index (κ2) is 6.33. The fourth-order valence-electron chi connectivity index (χ4n) is 3.55. The van der Waals surface area contributed by atoms with E-state index in [1.165, 1.54) is 36.9 Å². The summed E-state index contributed by atoms with van der Waals surface area (Å²) in [6, 6.07) is 21.1. The van der Waals surface area contributed by atoms with Gasteiger partial charge in [-0.15, -0.1) is 0 Å². The first-order valence-corrected chi connectivity index (χ1v) is 8.49. The van der Waals surface area contributed by atoms with Crippen LogP contribution in [0.1, 0.15) is 37.3 Å². The molecule has 24 heavy (non-hydrogen) atoms. The first kappa shape index (κ1) is 14.7. The highest BCUT2D eigenvalue weighted by atomic mass is 15.3. The minimum absolute atomic E-state index is 0.549. The van der Waals surface area contributed by atoms with Crippen molar-refractivity contribution < 1.29 is 0 Å². The van der Waals surface area contributed by atoms with E-state index in [0.717, 1.165) is 11.1 Å². The molecule has 0 atom stereocenters. The summed E-state index contributed by atoms with van der Waals surface area (Å²) in [5.74, 6) is 0. The highest BCUT2D eigenvalue weighted by molar-refractivity contribution is 5.69. The summed E-state index contributed by atoms with van der Waals surface area (Å²) in [5.41, 5.74) is 5.39. The number of hydrogen-bond acceptors (Lipinski definition) is 2. The van der Waals surface area contributed by atoms with Crippen molar-refractivity contribution in [3.05, 3.63) is 66.4 Å². The smallest absolute Gasteiger partial charge is 0.0991 e. The highest BCUT2D eigenvalue weighted by Crippen LogP contribution is 2.33. The van der Waals surface area contributed by atoms with Crippen LogP contribution < -0.4 is 0 Å².